The minimum atomic E-state index is -0.678. The summed E-state index contributed by atoms with van der Waals surface area (Å²) in [5.74, 6) is 1.25. The molecular weight excluding hydrogens is 384 g/mol. The number of aromatic nitrogens is 2. The lowest BCUT2D eigenvalue weighted by Crippen LogP contribution is -2.50. The van der Waals surface area contributed by atoms with Crippen molar-refractivity contribution in [2.24, 2.45) is 0 Å². The second kappa shape index (κ2) is 8.26. The van der Waals surface area contributed by atoms with Crippen molar-refractivity contribution in [2.75, 3.05) is 12.8 Å². The SMILES string of the molecule is CN(C(=O)CSc1nc(-c2ccco2)nc2ccccc12)C1(C#N)CCCCC1. The Hall–Kier alpha value is -2.85. The van der Waals surface area contributed by atoms with Gasteiger partial charge in [-0.2, -0.15) is 5.26 Å². The molecule has 148 valence electrons. The second-order valence-corrected chi connectivity index (χ2v) is 8.26. The van der Waals surface area contributed by atoms with Gasteiger partial charge in [-0.1, -0.05) is 49.2 Å². The number of thioether (sulfide) groups is 1. The highest BCUT2D eigenvalue weighted by Crippen LogP contribution is 2.34. The van der Waals surface area contributed by atoms with Gasteiger partial charge in [0, 0.05) is 12.4 Å². The van der Waals surface area contributed by atoms with E-state index in [4.69, 9.17) is 4.42 Å². The van der Waals surface area contributed by atoms with Crippen molar-refractivity contribution in [3.05, 3.63) is 42.7 Å². The second-order valence-electron chi connectivity index (χ2n) is 7.29. The van der Waals surface area contributed by atoms with Gasteiger partial charge in [-0.25, -0.2) is 9.97 Å². The molecule has 0 saturated heterocycles. The molecule has 0 aliphatic heterocycles. The zero-order valence-corrected chi connectivity index (χ0v) is 17.1. The van der Waals surface area contributed by atoms with E-state index in [0.717, 1.165) is 48.0 Å². The maximum Gasteiger partial charge on any atom is 0.234 e. The Bertz CT molecular complexity index is 1050. The summed E-state index contributed by atoms with van der Waals surface area (Å²) >= 11 is 1.38. The van der Waals surface area contributed by atoms with Crippen LogP contribution < -0.4 is 0 Å². The molecule has 4 rings (SSSR count). The molecule has 3 aromatic rings. The molecule has 0 unspecified atom stereocenters. The van der Waals surface area contributed by atoms with Crippen LogP contribution >= 0.6 is 11.8 Å². The van der Waals surface area contributed by atoms with Gasteiger partial charge in [0.05, 0.1) is 23.6 Å². The van der Waals surface area contributed by atoms with Crippen LogP contribution in [0.25, 0.3) is 22.5 Å². The summed E-state index contributed by atoms with van der Waals surface area (Å²) in [4.78, 5) is 23.8. The van der Waals surface area contributed by atoms with Crippen molar-refractivity contribution in [3.8, 4) is 17.7 Å². The summed E-state index contributed by atoms with van der Waals surface area (Å²) in [5, 5.41) is 11.4. The molecule has 0 atom stereocenters. The first kappa shape index (κ1) is 19.5. The topological polar surface area (TPSA) is 83.0 Å². The molecule has 29 heavy (non-hydrogen) atoms. The van der Waals surface area contributed by atoms with Gasteiger partial charge < -0.3 is 9.32 Å². The third-order valence-corrected chi connectivity index (χ3v) is 6.52. The molecule has 1 fully saturated rings. The van der Waals surface area contributed by atoms with Crippen LogP contribution in [0.2, 0.25) is 0 Å². The number of nitriles is 1. The van der Waals surface area contributed by atoms with Gasteiger partial charge in [0.1, 0.15) is 10.6 Å². The molecule has 0 radical (unpaired) electrons. The summed E-state index contributed by atoms with van der Waals surface area (Å²) in [5.41, 5.74) is 0.126. The van der Waals surface area contributed by atoms with Crippen LogP contribution in [-0.2, 0) is 4.79 Å². The van der Waals surface area contributed by atoms with Crippen LogP contribution in [0.5, 0.6) is 0 Å². The Morgan fingerprint density at radius 3 is 2.72 bits per heavy atom. The molecule has 1 amide bonds. The summed E-state index contributed by atoms with van der Waals surface area (Å²) in [6.45, 7) is 0. The molecule has 0 bridgehead atoms. The van der Waals surface area contributed by atoms with E-state index in [9.17, 15) is 10.1 Å². The van der Waals surface area contributed by atoms with Gasteiger partial charge in [0.25, 0.3) is 0 Å². The normalized spacial score (nSPS) is 15.7. The van der Waals surface area contributed by atoms with Gasteiger partial charge >= 0.3 is 0 Å². The summed E-state index contributed by atoms with van der Waals surface area (Å²) < 4.78 is 5.45. The molecule has 2 aromatic heterocycles. The van der Waals surface area contributed by atoms with Crippen LogP contribution in [0.4, 0.5) is 0 Å². The third-order valence-electron chi connectivity index (χ3n) is 5.55. The number of benzene rings is 1. The van der Waals surface area contributed by atoms with E-state index in [-0.39, 0.29) is 11.7 Å². The van der Waals surface area contributed by atoms with Crippen molar-refractivity contribution in [3.63, 3.8) is 0 Å². The van der Waals surface area contributed by atoms with E-state index in [1.54, 1.807) is 24.3 Å². The molecule has 0 spiro atoms. The van der Waals surface area contributed by atoms with Crippen molar-refractivity contribution >= 4 is 28.6 Å². The Labute approximate surface area is 173 Å². The first-order valence-corrected chi connectivity index (χ1v) is 10.7. The Morgan fingerprint density at radius 2 is 2.00 bits per heavy atom. The highest BCUT2D eigenvalue weighted by Gasteiger charge is 2.38. The van der Waals surface area contributed by atoms with Crippen LogP contribution in [-0.4, -0.2) is 39.1 Å². The van der Waals surface area contributed by atoms with Crippen molar-refractivity contribution in [2.45, 2.75) is 42.7 Å². The fraction of sp³-hybridized carbons (Fsp3) is 0.364. The highest BCUT2D eigenvalue weighted by atomic mass is 32.2. The number of nitrogens with zero attached hydrogens (tertiary/aromatic N) is 4. The Morgan fingerprint density at radius 1 is 1.21 bits per heavy atom. The monoisotopic (exact) mass is 406 g/mol. The molecule has 2 heterocycles. The Balaban J connectivity index is 1.58. The van der Waals surface area contributed by atoms with Crippen molar-refractivity contribution in [1.29, 1.82) is 5.26 Å². The average molecular weight is 407 g/mol. The van der Waals surface area contributed by atoms with Crippen LogP contribution in [0.15, 0.2) is 52.1 Å². The molecule has 7 heteroatoms. The average Bonchev–Trinajstić information content (AvgIpc) is 3.32. The largest absolute Gasteiger partial charge is 0.461 e. The lowest BCUT2D eigenvalue weighted by Gasteiger charge is -2.39. The van der Waals surface area contributed by atoms with E-state index in [2.05, 4.69) is 16.0 Å². The first-order chi connectivity index (χ1) is 14.1. The number of carbonyl (C=O) groups excluding carboxylic acids is 1. The van der Waals surface area contributed by atoms with E-state index in [0.29, 0.717) is 11.6 Å². The predicted molar refractivity (Wildman–Crippen MR) is 112 cm³/mol. The lowest BCUT2D eigenvalue weighted by molar-refractivity contribution is -0.131. The number of carbonyl (C=O) groups is 1. The first-order valence-electron chi connectivity index (χ1n) is 9.74. The number of amides is 1. The number of fused-ring (bicyclic) bond motifs is 1. The quantitative estimate of drug-likeness (QED) is 0.452. The van der Waals surface area contributed by atoms with E-state index in [1.165, 1.54) is 11.8 Å². The maximum atomic E-state index is 12.9. The van der Waals surface area contributed by atoms with Crippen LogP contribution in [0.3, 0.4) is 0 Å². The lowest BCUT2D eigenvalue weighted by atomic mass is 9.81. The fourth-order valence-electron chi connectivity index (χ4n) is 3.80. The van der Waals surface area contributed by atoms with Gasteiger partial charge in [0.2, 0.25) is 5.91 Å². The molecule has 1 aliphatic carbocycles. The molecule has 6 nitrogen and oxygen atoms in total. The van der Waals surface area contributed by atoms with Gasteiger partial charge in [-0.05, 0) is 31.0 Å². The minimum Gasteiger partial charge on any atom is -0.461 e. The molecular formula is C22H22N4O2S. The number of rotatable bonds is 5. The minimum absolute atomic E-state index is 0.0549. The number of hydrogen-bond donors (Lipinski definition) is 0. The van der Waals surface area contributed by atoms with E-state index >= 15 is 0 Å². The van der Waals surface area contributed by atoms with Crippen LogP contribution in [0, 0.1) is 11.3 Å². The van der Waals surface area contributed by atoms with Crippen molar-refractivity contribution < 1.29 is 9.21 Å². The fourth-order valence-corrected chi connectivity index (χ4v) is 4.73. The third kappa shape index (κ3) is 3.85. The summed E-state index contributed by atoms with van der Waals surface area (Å²) in [6, 6.07) is 13.8. The van der Waals surface area contributed by atoms with Crippen LogP contribution in [0.1, 0.15) is 32.1 Å². The van der Waals surface area contributed by atoms with E-state index < -0.39 is 5.54 Å². The van der Waals surface area contributed by atoms with E-state index in [1.807, 2.05) is 30.3 Å². The standard InChI is InChI=1S/C22H22N4O2S/c1-26(22(15-23)11-5-2-6-12-22)19(27)14-29-21-16-8-3-4-9-17(16)24-20(25-21)18-10-7-13-28-18/h3-4,7-10,13H,2,5-6,11-12,14H2,1H3. The Kier molecular flexibility index (Phi) is 5.54. The summed E-state index contributed by atoms with van der Waals surface area (Å²) in [7, 11) is 1.75. The van der Waals surface area contributed by atoms with Crippen molar-refractivity contribution in [1.82, 2.24) is 14.9 Å². The molecule has 1 aliphatic rings. The molecule has 1 saturated carbocycles. The number of furan rings is 1. The van der Waals surface area contributed by atoms with Gasteiger partial charge in [0.15, 0.2) is 11.6 Å². The predicted octanol–water partition coefficient (Wildman–Crippen LogP) is 4.67. The number of para-hydroxylation sites is 1. The molecule has 0 N–H and O–H groups in total. The summed E-state index contributed by atoms with van der Waals surface area (Å²) in [6.07, 6.45) is 6.18. The molecule has 1 aromatic carbocycles. The zero-order chi connectivity index (χ0) is 20.3. The van der Waals surface area contributed by atoms with Gasteiger partial charge in [-0.3, -0.25) is 4.79 Å². The maximum absolute atomic E-state index is 12.9. The van der Waals surface area contributed by atoms with Gasteiger partial charge in [-0.15, -0.1) is 0 Å². The zero-order valence-electron chi connectivity index (χ0n) is 16.3. The number of hydrogen-bond acceptors (Lipinski definition) is 6. The highest BCUT2D eigenvalue weighted by molar-refractivity contribution is 8.00. The smallest absolute Gasteiger partial charge is 0.234 e.